The Morgan fingerprint density at radius 2 is 2.12 bits per heavy atom. The Hall–Kier alpha value is -2.21. The second-order valence-electron chi connectivity index (χ2n) is 5.94. The van der Waals surface area contributed by atoms with E-state index in [0.717, 1.165) is 12.2 Å². The summed E-state index contributed by atoms with van der Waals surface area (Å²) in [5.41, 5.74) is 0.909. The van der Waals surface area contributed by atoms with Crippen LogP contribution in [0.15, 0.2) is 35.8 Å². The number of pyridine rings is 1. The summed E-state index contributed by atoms with van der Waals surface area (Å²) in [5, 5.41) is 4.67. The Balaban J connectivity index is 1.36. The summed E-state index contributed by atoms with van der Waals surface area (Å²) in [6, 6.07) is 7.34. The topological polar surface area (TPSA) is 68.3 Å². The van der Waals surface area contributed by atoms with E-state index in [4.69, 9.17) is 4.74 Å². The number of nitrogens with one attached hydrogen (secondary N) is 1. The fourth-order valence-corrected chi connectivity index (χ4v) is 2.86. The van der Waals surface area contributed by atoms with Gasteiger partial charge in [-0.25, -0.2) is 4.98 Å². The normalized spacial score (nSPS) is 13.5. The lowest BCUT2D eigenvalue weighted by atomic mass is 10.2. The van der Waals surface area contributed by atoms with Gasteiger partial charge < -0.3 is 10.1 Å². The van der Waals surface area contributed by atoms with Gasteiger partial charge in [0.15, 0.2) is 5.78 Å². The highest BCUT2D eigenvalue weighted by atomic mass is 32.1. The summed E-state index contributed by atoms with van der Waals surface area (Å²) < 4.78 is 5.58. The molecule has 24 heavy (non-hydrogen) atoms. The molecule has 6 heteroatoms. The van der Waals surface area contributed by atoms with Crippen LogP contribution in [0.5, 0.6) is 5.88 Å². The molecule has 126 valence electrons. The van der Waals surface area contributed by atoms with Crippen molar-refractivity contribution in [2.24, 2.45) is 5.92 Å². The Morgan fingerprint density at radius 3 is 2.79 bits per heavy atom. The van der Waals surface area contributed by atoms with E-state index in [1.165, 1.54) is 24.2 Å². The number of nitrogens with zero attached hydrogens (tertiary/aromatic N) is 1. The van der Waals surface area contributed by atoms with Gasteiger partial charge in [-0.05, 0) is 35.8 Å². The molecule has 0 spiro atoms. The summed E-state index contributed by atoms with van der Waals surface area (Å²) in [6.45, 7) is 1.14. The highest BCUT2D eigenvalue weighted by molar-refractivity contribution is 7.12. The van der Waals surface area contributed by atoms with E-state index in [-0.39, 0.29) is 24.5 Å². The van der Waals surface area contributed by atoms with Gasteiger partial charge in [0.2, 0.25) is 11.8 Å². The molecule has 1 amide bonds. The van der Waals surface area contributed by atoms with Crippen LogP contribution < -0.4 is 10.1 Å². The van der Waals surface area contributed by atoms with Crippen LogP contribution in [0.1, 0.15) is 40.9 Å². The fourth-order valence-electron chi connectivity index (χ4n) is 2.17. The largest absolute Gasteiger partial charge is 0.477 e. The van der Waals surface area contributed by atoms with Crippen molar-refractivity contribution in [1.29, 1.82) is 0 Å². The molecular weight excluding hydrogens is 324 g/mol. The summed E-state index contributed by atoms with van der Waals surface area (Å²) in [7, 11) is 0. The molecule has 0 unspecified atom stereocenters. The van der Waals surface area contributed by atoms with Crippen molar-refractivity contribution in [3.05, 3.63) is 46.3 Å². The molecule has 2 aromatic heterocycles. The maximum absolute atomic E-state index is 11.8. The third-order valence-corrected chi connectivity index (χ3v) is 4.74. The molecule has 0 aromatic carbocycles. The number of ketones is 1. The second kappa shape index (κ2) is 8.06. The third kappa shape index (κ3) is 5.16. The zero-order valence-corrected chi connectivity index (χ0v) is 14.2. The summed E-state index contributed by atoms with van der Waals surface area (Å²) in [6.07, 6.45) is 4.64. The van der Waals surface area contributed by atoms with Crippen molar-refractivity contribution in [1.82, 2.24) is 10.3 Å². The first-order valence-corrected chi connectivity index (χ1v) is 9.00. The fraction of sp³-hybridized carbons (Fsp3) is 0.389. The molecule has 0 atom stereocenters. The van der Waals surface area contributed by atoms with Crippen LogP contribution in [0.3, 0.4) is 0 Å². The lowest BCUT2D eigenvalue weighted by Crippen LogP contribution is -2.23. The first kappa shape index (κ1) is 16.6. The molecule has 1 fully saturated rings. The van der Waals surface area contributed by atoms with Gasteiger partial charge in [0.05, 0.1) is 11.5 Å². The predicted molar refractivity (Wildman–Crippen MR) is 92.2 cm³/mol. The molecular formula is C18H20N2O3S. The highest BCUT2D eigenvalue weighted by Crippen LogP contribution is 2.29. The van der Waals surface area contributed by atoms with Crippen LogP contribution >= 0.6 is 11.3 Å². The van der Waals surface area contributed by atoms with Crippen molar-refractivity contribution in [3.63, 3.8) is 0 Å². The van der Waals surface area contributed by atoms with E-state index in [1.807, 2.05) is 23.6 Å². The smallest absolute Gasteiger partial charge is 0.220 e. The van der Waals surface area contributed by atoms with Crippen molar-refractivity contribution < 1.29 is 14.3 Å². The molecule has 2 aromatic rings. The maximum atomic E-state index is 11.8. The average Bonchev–Trinajstić information content (AvgIpc) is 3.27. The number of hydrogen-bond acceptors (Lipinski definition) is 5. The Kier molecular flexibility index (Phi) is 5.59. The van der Waals surface area contributed by atoms with Gasteiger partial charge in [-0.3, -0.25) is 9.59 Å². The van der Waals surface area contributed by atoms with Crippen LogP contribution in [0.4, 0.5) is 0 Å². The van der Waals surface area contributed by atoms with Crippen LogP contribution in [-0.4, -0.2) is 23.3 Å². The molecule has 1 N–H and O–H groups in total. The molecule has 1 aliphatic carbocycles. The number of carbonyl (C=O) groups is 2. The van der Waals surface area contributed by atoms with E-state index < -0.39 is 0 Å². The molecule has 5 nitrogen and oxygen atoms in total. The van der Waals surface area contributed by atoms with E-state index in [9.17, 15) is 9.59 Å². The Bertz CT molecular complexity index is 679. The minimum Gasteiger partial charge on any atom is -0.477 e. The first-order chi connectivity index (χ1) is 11.7. The highest BCUT2D eigenvalue weighted by Gasteiger charge is 2.22. The van der Waals surface area contributed by atoms with Crippen molar-refractivity contribution in [3.8, 4) is 5.88 Å². The van der Waals surface area contributed by atoms with E-state index in [0.29, 0.717) is 23.2 Å². The van der Waals surface area contributed by atoms with Gasteiger partial charge in [-0.1, -0.05) is 12.1 Å². The summed E-state index contributed by atoms with van der Waals surface area (Å²) in [5.74, 6) is 1.20. The minimum atomic E-state index is -0.131. The van der Waals surface area contributed by atoms with Crippen LogP contribution in [0.25, 0.3) is 0 Å². The molecule has 0 aliphatic heterocycles. The number of carbonyl (C=O) groups excluding carboxylic acids is 2. The predicted octanol–water partition coefficient (Wildman–Crippen LogP) is 3.21. The lowest BCUT2D eigenvalue weighted by molar-refractivity contribution is -0.121. The van der Waals surface area contributed by atoms with E-state index in [2.05, 4.69) is 10.3 Å². The molecule has 1 saturated carbocycles. The van der Waals surface area contributed by atoms with Crippen LogP contribution in [-0.2, 0) is 11.3 Å². The van der Waals surface area contributed by atoms with Crippen molar-refractivity contribution >= 4 is 23.0 Å². The van der Waals surface area contributed by atoms with Gasteiger partial charge in [0.1, 0.15) is 0 Å². The van der Waals surface area contributed by atoms with Crippen molar-refractivity contribution in [2.45, 2.75) is 32.2 Å². The Morgan fingerprint density at radius 1 is 1.25 bits per heavy atom. The number of thiophene rings is 1. The number of Topliss-reactive ketones (excluding diaryl/α,β-unsaturated/α-hetero) is 1. The van der Waals surface area contributed by atoms with Crippen LogP contribution in [0, 0.1) is 5.92 Å². The van der Waals surface area contributed by atoms with Crippen LogP contribution in [0.2, 0.25) is 0 Å². The Labute approximate surface area is 145 Å². The van der Waals surface area contributed by atoms with E-state index >= 15 is 0 Å². The summed E-state index contributed by atoms with van der Waals surface area (Å²) >= 11 is 1.40. The average molecular weight is 344 g/mol. The number of ether oxygens (including phenoxy) is 1. The molecule has 2 heterocycles. The molecule has 0 bridgehead atoms. The van der Waals surface area contributed by atoms with E-state index in [1.54, 1.807) is 12.3 Å². The monoisotopic (exact) mass is 344 g/mol. The number of amides is 1. The zero-order valence-electron chi connectivity index (χ0n) is 13.4. The van der Waals surface area contributed by atoms with Gasteiger partial charge in [0.25, 0.3) is 0 Å². The summed E-state index contributed by atoms with van der Waals surface area (Å²) in [4.78, 5) is 28.6. The number of hydrogen-bond donors (Lipinski definition) is 1. The maximum Gasteiger partial charge on any atom is 0.220 e. The molecule has 0 radical (unpaired) electrons. The number of aromatic nitrogens is 1. The van der Waals surface area contributed by atoms with Crippen molar-refractivity contribution in [2.75, 3.05) is 6.61 Å². The first-order valence-electron chi connectivity index (χ1n) is 8.12. The van der Waals surface area contributed by atoms with Gasteiger partial charge in [0, 0.05) is 31.6 Å². The SMILES string of the molecule is O=C(CCC(=O)c1cccs1)NCc1ccc(OCC2CC2)nc1. The van der Waals surface area contributed by atoms with Gasteiger partial charge in [-0.2, -0.15) is 0 Å². The quantitative estimate of drug-likeness (QED) is 0.709. The molecule has 3 rings (SSSR count). The zero-order chi connectivity index (χ0) is 16.8. The third-order valence-electron chi connectivity index (χ3n) is 3.83. The standard InChI is InChI=1S/C18H20N2O3S/c21-15(16-2-1-9-24-16)6-7-17(22)19-10-14-5-8-18(20-11-14)23-12-13-3-4-13/h1-2,5,8-9,11,13H,3-4,6-7,10,12H2,(H,19,22). The second-order valence-corrected chi connectivity index (χ2v) is 6.88. The lowest BCUT2D eigenvalue weighted by Gasteiger charge is -2.07. The number of rotatable bonds is 9. The van der Waals surface area contributed by atoms with Gasteiger partial charge >= 0.3 is 0 Å². The van der Waals surface area contributed by atoms with Gasteiger partial charge in [-0.15, -0.1) is 11.3 Å². The molecule has 1 aliphatic rings. The molecule has 0 saturated heterocycles. The minimum absolute atomic E-state index is 0.0129.